The smallest absolute Gasteiger partial charge is 0.255 e. The number of amides is 2. The second-order valence-electron chi connectivity index (χ2n) is 7.96. The summed E-state index contributed by atoms with van der Waals surface area (Å²) in [6.45, 7) is 0. The Hall–Kier alpha value is -3.50. The predicted octanol–water partition coefficient (Wildman–Crippen LogP) is 7.03. The molecule has 2 N–H and O–H groups in total. The molecule has 4 rings (SSSR count). The van der Waals surface area contributed by atoms with Crippen LogP contribution in [0.25, 0.3) is 0 Å². The van der Waals surface area contributed by atoms with Crippen LogP contribution in [0.5, 0.6) is 11.5 Å². The number of nitrogens with one attached hydrogen (secondary N) is 2. The quantitative estimate of drug-likeness (QED) is 0.155. The maximum Gasteiger partial charge on any atom is 0.255 e. The molecule has 0 saturated carbocycles. The lowest BCUT2D eigenvalue weighted by atomic mass is 10.1. The van der Waals surface area contributed by atoms with E-state index >= 15 is 0 Å². The first-order chi connectivity index (χ1) is 18.0. The Morgan fingerprint density at radius 1 is 0.757 bits per heavy atom. The number of carbonyl (C=O) groups excluding carboxylic acids is 2. The summed E-state index contributed by atoms with van der Waals surface area (Å²) in [6, 6.07) is 29.7. The fourth-order valence-corrected chi connectivity index (χ4v) is 5.05. The normalized spacial score (nSPS) is 11.3. The third kappa shape index (κ3) is 7.05. The Bertz CT molecular complexity index is 1380. The van der Waals surface area contributed by atoms with E-state index < -0.39 is 5.25 Å². The van der Waals surface area contributed by atoms with Crippen molar-refractivity contribution in [3.8, 4) is 11.5 Å². The van der Waals surface area contributed by atoms with Crippen molar-refractivity contribution in [2.45, 2.75) is 10.1 Å². The second kappa shape index (κ2) is 12.6. The summed E-state index contributed by atoms with van der Waals surface area (Å²) in [4.78, 5) is 27.1. The van der Waals surface area contributed by atoms with Gasteiger partial charge in [0.15, 0.2) is 11.5 Å². The van der Waals surface area contributed by atoms with Gasteiger partial charge < -0.3 is 20.1 Å². The number of halogens is 1. The van der Waals surface area contributed by atoms with Crippen LogP contribution >= 0.6 is 34.4 Å². The van der Waals surface area contributed by atoms with Crippen LogP contribution in [0, 0.1) is 3.57 Å². The second-order valence-corrected chi connectivity index (χ2v) is 10.4. The molecule has 4 aromatic rings. The van der Waals surface area contributed by atoms with E-state index in [0.29, 0.717) is 22.7 Å². The molecule has 2 amide bonds. The highest BCUT2D eigenvalue weighted by Crippen LogP contribution is 2.37. The number of hydrogen-bond acceptors (Lipinski definition) is 5. The van der Waals surface area contributed by atoms with Crippen molar-refractivity contribution in [2.24, 2.45) is 0 Å². The van der Waals surface area contributed by atoms with Gasteiger partial charge in [-0.15, -0.1) is 11.8 Å². The molecule has 0 heterocycles. The molecule has 8 heteroatoms. The van der Waals surface area contributed by atoms with Gasteiger partial charge in [-0.25, -0.2) is 0 Å². The average molecular weight is 625 g/mol. The summed E-state index contributed by atoms with van der Waals surface area (Å²) in [5.74, 6) is 0.619. The zero-order valence-corrected chi connectivity index (χ0v) is 23.2. The molecule has 0 aliphatic rings. The minimum absolute atomic E-state index is 0.128. The molecule has 1 atom stereocenters. The Morgan fingerprint density at radius 3 is 2.19 bits per heavy atom. The minimum Gasteiger partial charge on any atom is -0.493 e. The third-order valence-corrected chi connectivity index (χ3v) is 7.41. The molecule has 37 heavy (non-hydrogen) atoms. The van der Waals surface area contributed by atoms with Crippen LogP contribution in [-0.4, -0.2) is 26.0 Å². The average Bonchev–Trinajstić information content (AvgIpc) is 2.93. The van der Waals surface area contributed by atoms with Crippen molar-refractivity contribution in [1.82, 2.24) is 0 Å². The lowest BCUT2D eigenvalue weighted by Crippen LogP contribution is -2.19. The summed E-state index contributed by atoms with van der Waals surface area (Å²) < 4.78 is 11.6. The minimum atomic E-state index is -0.489. The predicted molar refractivity (Wildman–Crippen MR) is 157 cm³/mol. The van der Waals surface area contributed by atoms with E-state index in [-0.39, 0.29) is 11.8 Å². The molecule has 0 saturated heterocycles. The third-order valence-electron chi connectivity index (χ3n) is 5.44. The van der Waals surface area contributed by atoms with Crippen molar-refractivity contribution in [2.75, 3.05) is 24.9 Å². The monoisotopic (exact) mass is 624 g/mol. The highest BCUT2D eigenvalue weighted by atomic mass is 127. The number of carbonyl (C=O) groups is 2. The number of rotatable bonds is 9. The summed E-state index contributed by atoms with van der Waals surface area (Å²) >= 11 is 3.65. The number of thioether (sulfide) groups is 1. The van der Waals surface area contributed by atoms with E-state index in [1.165, 1.54) is 18.9 Å². The Labute approximate surface area is 233 Å². The van der Waals surface area contributed by atoms with Crippen LogP contribution < -0.4 is 20.1 Å². The first kappa shape index (κ1) is 26.6. The van der Waals surface area contributed by atoms with Gasteiger partial charge in [0.05, 0.1) is 14.2 Å². The van der Waals surface area contributed by atoms with Gasteiger partial charge in [-0.05, 0) is 88.8 Å². The van der Waals surface area contributed by atoms with Gasteiger partial charge in [-0.3, -0.25) is 9.59 Å². The number of ether oxygens (including phenoxy) is 2. The first-order valence-electron chi connectivity index (χ1n) is 11.4. The van der Waals surface area contributed by atoms with Gasteiger partial charge in [0.2, 0.25) is 5.91 Å². The number of benzene rings is 4. The van der Waals surface area contributed by atoms with Crippen LogP contribution in [0.15, 0.2) is 102 Å². The van der Waals surface area contributed by atoms with Crippen LogP contribution in [-0.2, 0) is 4.79 Å². The molecule has 0 spiro atoms. The highest BCUT2D eigenvalue weighted by Gasteiger charge is 2.22. The maximum absolute atomic E-state index is 13.3. The molecular weight excluding hydrogens is 599 g/mol. The van der Waals surface area contributed by atoms with Crippen LogP contribution in [0.3, 0.4) is 0 Å². The van der Waals surface area contributed by atoms with Crippen LogP contribution in [0.2, 0.25) is 0 Å². The van der Waals surface area contributed by atoms with Crippen molar-refractivity contribution in [3.63, 3.8) is 0 Å². The molecule has 4 aromatic carbocycles. The molecule has 0 aliphatic carbocycles. The van der Waals surface area contributed by atoms with Gasteiger partial charge in [-0.2, -0.15) is 0 Å². The summed E-state index contributed by atoms with van der Waals surface area (Å²) in [6.07, 6.45) is 0. The Balaban J connectivity index is 1.53. The molecule has 6 nitrogen and oxygen atoms in total. The van der Waals surface area contributed by atoms with Gasteiger partial charge >= 0.3 is 0 Å². The van der Waals surface area contributed by atoms with E-state index in [0.717, 1.165) is 19.7 Å². The lowest BCUT2D eigenvalue weighted by molar-refractivity contribution is -0.115. The summed E-state index contributed by atoms with van der Waals surface area (Å²) in [5, 5.41) is 5.46. The fourth-order valence-electron chi connectivity index (χ4n) is 3.61. The molecular formula is C29H25IN2O4S. The summed E-state index contributed by atoms with van der Waals surface area (Å²) in [7, 11) is 3.07. The van der Waals surface area contributed by atoms with Crippen molar-refractivity contribution >= 4 is 57.5 Å². The van der Waals surface area contributed by atoms with Crippen molar-refractivity contribution in [3.05, 3.63) is 112 Å². The first-order valence-corrected chi connectivity index (χ1v) is 13.3. The molecule has 0 bridgehead atoms. The number of anilines is 2. The van der Waals surface area contributed by atoms with Crippen LogP contribution in [0.4, 0.5) is 11.4 Å². The van der Waals surface area contributed by atoms with E-state index in [9.17, 15) is 9.59 Å². The standard InChI is InChI=1S/C29H25IN2O4S/c1-35-25-16-11-20(17-26(25)36-2)28(33)32-23-9-6-10-24(18-23)37-27(19-7-4-3-5-8-19)29(34)31-22-14-12-21(30)13-15-22/h3-18,27H,1-2H3,(H,31,34)(H,32,33). The van der Waals surface area contributed by atoms with Gasteiger partial charge in [0, 0.05) is 25.4 Å². The zero-order chi connectivity index (χ0) is 26.2. The number of methoxy groups -OCH3 is 2. The largest absolute Gasteiger partial charge is 0.493 e. The fraction of sp³-hybridized carbons (Fsp3) is 0.103. The Morgan fingerprint density at radius 2 is 1.49 bits per heavy atom. The topological polar surface area (TPSA) is 76.7 Å². The van der Waals surface area contributed by atoms with E-state index in [1.54, 1.807) is 25.3 Å². The zero-order valence-electron chi connectivity index (χ0n) is 20.2. The lowest BCUT2D eigenvalue weighted by Gasteiger charge is -2.18. The maximum atomic E-state index is 13.3. The molecule has 1 unspecified atom stereocenters. The van der Waals surface area contributed by atoms with E-state index in [4.69, 9.17) is 9.47 Å². The van der Waals surface area contributed by atoms with Gasteiger partial charge in [0.25, 0.3) is 5.91 Å². The molecule has 188 valence electrons. The van der Waals surface area contributed by atoms with Crippen molar-refractivity contribution < 1.29 is 19.1 Å². The van der Waals surface area contributed by atoms with E-state index in [2.05, 4.69) is 33.2 Å². The molecule has 0 fully saturated rings. The molecule has 0 aromatic heterocycles. The van der Waals surface area contributed by atoms with Crippen molar-refractivity contribution in [1.29, 1.82) is 0 Å². The number of hydrogen-bond donors (Lipinski definition) is 2. The molecule has 0 aliphatic heterocycles. The molecule has 0 radical (unpaired) electrons. The van der Waals surface area contributed by atoms with Gasteiger partial charge in [0.1, 0.15) is 5.25 Å². The SMILES string of the molecule is COc1ccc(C(=O)Nc2cccc(SC(C(=O)Nc3ccc(I)cc3)c3ccccc3)c2)cc1OC. The Kier molecular flexibility index (Phi) is 9.08. The van der Waals surface area contributed by atoms with E-state index in [1.807, 2.05) is 78.9 Å². The summed E-state index contributed by atoms with van der Waals surface area (Å²) in [5.41, 5.74) is 2.68. The van der Waals surface area contributed by atoms with Crippen LogP contribution in [0.1, 0.15) is 21.2 Å². The highest BCUT2D eigenvalue weighted by molar-refractivity contribution is 14.1. The van der Waals surface area contributed by atoms with Gasteiger partial charge in [-0.1, -0.05) is 36.4 Å².